The zero-order valence-electron chi connectivity index (χ0n) is 12.7. The highest BCUT2D eigenvalue weighted by Gasteiger charge is 2.25. The van der Waals surface area contributed by atoms with Crippen LogP contribution >= 0.6 is 0 Å². The van der Waals surface area contributed by atoms with Crippen LogP contribution in [-0.2, 0) is 15.0 Å². The van der Waals surface area contributed by atoms with Crippen molar-refractivity contribution < 1.29 is 9.59 Å². The molecule has 1 aromatic rings. The van der Waals surface area contributed by atoms with Crippen molar-refractivity contribution in [1.29, 1.82) is 0 Å². The van der Waals surface area contributed by atoms with Crippen molar-refractivity contribution in [3.8, 4) is 0 Å². The summed E-state index contributed by atoms with van der Waals surface area (Å²) in [5.41, 5.74) is 4.72. The van der Waals surface area contributed by atoms with Crippen LogP contribution in [0.2, 0.25) is 0 Å². The number of Topliss-reactive ketones (excluding diaryl/α,β-unsaturated/α-hetero) is 1. The van der Waals surface area contributed by atoms with Crippen LogP contribution in [-0.4, -0.2) is 18.2 Å². The maximum Gasteiger partial charge on any atom is 0.287 e. The molecule has 0 saturated heterocycles. The number of aryl methyl sites for hydroxylation is 3. The quantitative estimate of drug-likeness (QED) is 0.847. The number of hydrogen-bond acceptors (Lipinski definition) is 2. The number of carbonyl (C=O) groups excluding carboxylic acids is 2. The molecule has 0 heterocycles. The van der Waals surface area contributed by atoms with E-state index >= 15 is 0 Å². The first kappa shape index (κ1) is 15.4. The van der Waals surface area contributed by atoms with E-state index in [1.165, 1.54) is 29.2 Å². The number of nitrogens with one attached hydrogen (secondary N) is 1. The van der Waals surface area contributed by atoms with E-state index in [9.17, 15) is 9.59 Å². The van der Waals surface area contributed by atoms with E-state index in [1.807, 2.05) is 0 Å². The van der Waals surface area contributed by atoms with Crippen LogP contribution in [0.4, 0.5) is 0 Å². The molecule has 19 heavy (non-hydrogen) atoms. The molecule has 0 radical (unpaired) electrons. The van der Waals surface area contributed by atoms with Crippen molar-refractivity contribution in [2.24, 2.45) is 0 Å². The van der Waals surface area contributed by atoms with Gasteiger partial charge in [0.2, 0.25) is 5.78 Å². The van der Waals surface area contributed by atoms with Gasteiger partial charge in [0, 0.05) is 18.9 Å². The summed E-state index contributed by atoms with van der Waals surface area (Å²) in [5.74, 6) is -0.969. The molecule has 0 aliphatic rings. The molecule has 0 spiro atoms. The predicted molar refractivity (Wildman–Crippen MR) is 77.4 cm³/mol. The third-order valence-corrected chi connectivity index (χ3v) is 3.36. The van der Waals surface area contributed by atoms with Gasteiger partial charge >= 0.3 is 0 Å². The van der Waals surface area contributed by atoms with Crippen molar-refractivity contribution >= 4 is 11.7 Å². The first-order valence-corrected chi connectivity index (χ1v) is 6.52. The topological polar surface area (TPSA) is 46.2 Å². The van der Waals surface area contributed by atoms with E-state index in [0.29, 0.717) is 6.54 Å². The number of ketones is 1. The van der Waals surface area contributed by atoms with Gasteiger partial charge in [-0.25, -0.2) is 0 Å². The van der Waals surface area contributed by atoms with Gasteiger partial charge in [-0.05, 0) is 37.5 Å². The van der Waals surface area contributed by atoms with Crippen LogP contribution < -0.4 is 5.32 Å². The Labute approximate surface area is 115 Å². The Bertz CT molecular complexity index is 492. The number of benzene rings is 1. The smallest absolute Gasteiger partial charge is 0.287 e. The Morgan fingerprint density at radius 2 is 1.58 bits per heavy atom. The highest BCUT2D eigenvalue weighted by atomic mass is 16.2. The van der Waals surface area contributed by atoms with Crippen molar-refractivity contribution in [3.63, 3.8) is 0 Å². The van der Waals surface area contributed by atoms with Gasteiger partial charge < -0.3 is 5.32 Å². The zero-order chi connectivity index (χ0) is 14.8. The summed E-state index contributed by atoms with van der Waals surface area (Å²) in [6.07, 6.45) is 0. The summed E-state index contributed by atoms with van der Waals surface area (Å²) in [7, 11) is 0. The molecule has 104 valence electrons. The number of amides is 1. The fourth-order valence-electron chi connectivity index (χ4n) is 2.76. The van der Waals surface area contributed by atoms with Crippen molar-refractivity contribution in [1.82, 2.24) is 5.32 Å². The Morgan fingerprint density at radius 3 is 2.00 bits per heavy atom. The second kappa shape index (κ2) is 5.55. The highest BCUT2D eigenvalue weighted by molar-refractivity contribution is 6.35. The molecule has 0 saturated carbocycles. The second-order valence-electron chi connectivity index (χ2n) is 5.90. The monoisotopic (exact) mass is 261 g/mol. The molecule has 0 bridgehead atoms. The summed E-state index contributed by atoms with van der Waals surface area (Å²) in [6, 6.07) is 4.30. The van der Waals surface area contributed by atoms with Crippen molar-refractivity contribution in [3.05, 3.63) is 34.4 Å². The van der Waals surface area contributed by atoms with Gasteiger partial charge in [-0.1, -0.05) is 31.5 Å². The Kier molecular flexibility index (Phi) is 4.51. The minimum atomic E-state index is -0.518. The van der Waals surface area contributed by atoms with Gasteiger partial charge in [0.15, 0.2) is 0 Å². The summed E-state index contributed by atoms with van der Waals surface area (Å²) < 4.78 is 0. The summed E-state index contributed by atoms with van der Waals surface area (Å²) in [4.78, 5) is 22.3. The summed E-state index contributed by atoms with van der Waals surface area (Å²) in [6.45, 7) is 12.2. The van der Waals surface area contributed by atoms with E-state index < -0.39 is 11.7 Å². The second-order valence-corrected chi connectivity index (χ2v) is 5.90. The van der Waals surface area contributed by atoms with Crippen LogP contribution in [0.5, 0.6) is 0 Å². The molecule has 0 aliphatic heterocycles. The van der Waals surface area contributed by atoms with Crippen LogP contribution in [0.15, 0.2) is 12.1 Å². The molecule has 1 amide bonds. The Balaban J connectivity index is 3.00. The van der Waals surface area contributed by atoms with E-state index in [0.717, 1.165) is 0 Å². The maximum absolute atomic E-state index is 11.4. The van der Waals surface area contributed by atoms with E-state index in [2.05, 4.69) is 52.1 Å². The van der Waals surface area contributed by atoms with E-state index in [-0.39, 0.29) is 5.41 Å². The van der Waals surface area contributed by atoms with Crippen LogP contribution in [0.3, 0.4) is 0 Å². The number of carbonyl (C=O) groups is 2. The van der Waals surface area contributed by atoms with Gasteiger partial charge in [-0.15, -0.1) is 0 Å². The SMILES string of the molecule is CC(=O)C(=O)NCC(C)(C)c1c(C)cc(C)cc1C. The van der Waals surface area contributed by atoms with Crippen LogP contribution in [0.1, 0.15) is 43.0 Å². The number of hydrogen-bond donors (Lipinski definition) is 1. The molecule has 0 atom stereocenters. The van der Waals surface area contributed by atoms with Gasteiger partial charge in [0.05, 0.1) is 0 Å². The van der Waals surface area contributed by atoms with E-state index in [1.54, 1.807) is 0 Å². The fourth-order valence-corrected chi connectivity index (χ4v) is 2.76. The third kappa shape index (κ3) is 3.66. The molecular formula is C16H23NO2. The highest BCUT2D eigenvalue weighted by Crippen LogP contribution is 2.29. The first-order valence-electron chi connectivity index (χ1n) is 6.52. The van der Waals surface area contributed by atoms with Gasteiger partial charge in [0.25, 0.3) is 5.91 Å². The van der Waals surface area contributed by atoms with Gasteiger partial charge in [-0.3, -0.25) is 9.59 Å². The maximum atomic E-state index is 11.4. The van der Waals surface area contributed by atoms with Gasteiger partial charge in [0.1, 0.15) is 0 Å². The molecule has 0 fully saturated rings. The lowest BCUT2D eigenvalue weighted by Crippen LogP contribution is -2.40. The molecule has 0 aromatic heterocycles. The Hall–Kier alpha value is -1.64. The first-order chi connectivity index (χ1) is 8.65. The standard InChI is InChI=1S/C16H23NO2/c1-10-7-11(2)14(12(3)8-10)16(5,6)9-17-15(19)13(4)18/h7-8H,9H2,1-6H3,(H,17,19). The molecule has 1 aromatic carbocycles. The summed E-state index contributed by atoms with van der Waals surface area (Å²) in [5, 5.41) is 2.70. The lowest BCUT2D eigenvalue weighted by molar-refractivity contribution is -0.136. The normalized spacial score (nSPS) is 11.3. The fraction of sp³-hybridized carbons (Fsp3) is 0.500. The van der Waals surface area contributed by atoms with E-state index in [4.69, 9.17) is 0 Å². The average Bonchev–Trinajstić information content (AvgIpc) is 2.23. The Morgan fingerprint density at radius 1 is 1.11 bits per heavy atom. The van der Waals surface area contributed by atoms with Crippen molar-refractivity contribution in [2.75, 3.05) is 6.54 Å². The molecular weight excluding hydrogens is 238 g/mol. The molecule has 1 N–H and O–H groups in total. The molecule has 1 rings (SSSR count). The molecule has 0 aliphatic carbocycles. The molecule has 0 unspecified atom stereocenters. The predicted octanol–water partition coefficient (Wildman–Crippen LogP) is 2.59. The average molecular weight is 261 g/mol. The minimum absolute atomic E-state index is 0.201. The number of rotatable bonds is 4. The third-order valence-electron chi connectivity index (χ3n) is 3.36. The lowest BCUT2D eigenvalue weighted by atomic mass is 9.78. The summed E-state index contributed by atoms with van der Waals surface area (Å²) >= 11 is 0. The largest absolute Gasteiger partial charge is 0.349 e. The lowest BCUT2D eigenvalue weighted by Gasteiger charge is -2.29. The molecule has 3 heteroatoms. The van der Waals surface area contributed by atoms with Gasteiger partial charge in [-0.2, -0.15) is 0 Å². The molecule has 3 nitrogen and oxygen atoms in total. The van der Waals surface area contributed by atoms with Crippen molar-refractivity contribution in [2.45, 2.75) is 47.0 Å². The minimum Gasteiger partial charge on any atom is -0.349 e. The van der Waals surface area contributed by atoms with Crippen LogP contribution in [0.25, 0.3) is 0 Å². The zero-order valence-corrected chi connectivity index (χ0v) is 12.7. The van der Waals surface area contributed by atoms with Crippen LogP contribution in [0, 0.1) is 20.8 Å².